The topological polar surface area (TPSA) is 39.1 Å². The molecular weight excluding hydrogens is 337 g/mol. The fourth-order valence-corrected chi connectivity index (χ4v) is 2.36. The van der Waals surface area contributed by atoms with Crippen molar-refractivity contribution in [3.05, 3.63) is 40.4 Å². The molecule has 0 unspecified atom stereocenters. The number of hydrogen-bond donors (Lipinski definition) is 1. The van der Waals surface area contributed by atoms with Crippen LogP contribution >= 0.6 is 15.9 Å². The van der Waals surface area contributed by atoms with Gasteiger partial charge in [-0.15, -0.1) is 0 Å². The Balaban J connectivity index is 2.10. The molecule has 2 rings (SSSR count). The number of aromatic nitrogens is 2. The first-order chi connectivity index (χ1) is 10.1. The Morgan fingerprint density at radius 2 is 2.24 bits per heavy atom. The minimum absolute atomic E-state index is 0.285. The van der Waals surface area contributed by atoms with Crippen molar-refractivity contribution in [1.29, 1.82) is 0 Å². The summed E-state index contributed by atoms with van der Waals surface area (Å²) in [5.41, 5.74) is 1.58. The number of hydrogen-bond acceptors (Lipinski definition) is 3. The summed E-state index contributed by atoms with van der Waals surface area (Å²) in [5.74, 6) is 0.419. The van der Waals surface area contributed by atoms with Gasteiger partial charge in [-0.2, -0.15) is 0 Å². The van der Waals surface area contributed by atoms with E-state index in [0.717, 1.165) is 36.3 Å². The van der Waals surface area contributed by atoms with E-state index >= 15 is 0 Å². The lowest BCUT2D eigenvalue weighted by atomic mass is 10.3. The van der Waals surface area contributed by atoms with Crippen LogP contribution in [0.3, 0.4) is 0 Å². The second-order valence-corrected chi connectivity index (χ2v) is 5.55. The van der Waals surface area contributed by atoms with Crippen LogP contribution in [-0.2, 0) is 11.3 Å². The zero-order chi connectivity index (χ0) is 15.2. The lowest BCUT2D eigenvalue weighted by Crippen LogP contribution is -2.06. The Morgan fingerprint density at radius 3 is 3.00 bits per heavy atom. The van der Waals surface area contributed by atoms with Gasteiger partial charge in [0.05, 0.1) is 11.4 Å². The Kier molecular flexibility index (Phi) is 5.76. The highest BCUT2D eigenvalue weighted by atomic mass is 79.9. The predicted octanol–water partition coefficient (Wildman–Crippen LogP) is 4.26. The summed E-state index contributed by atoms with van der Waals surface area (Å²) in [4.78, 5) is 4.44. The third kappa shape index (κ3) is 4.54. The van der Waals surface area contributed by atoms with Crippen molar-refractivity contribution in [1.82, 2.24) is 9.55 Å². The number of aryl methyl sites for hydroxylation is 2. The molecule has 21 heavy (non-hydrogen) atoms. The van der Waals surface area contributed by atoms with E-state index in [1.807, 2.05) is 24.6 Å². The Labute approximate surface area is 132 Å². The summed E-state index contributed by atoms with van der Waals surface area (Å²) in [6.07, 6.45) is 2.88. The number of nitrogens with one attached hydrogen (secondary N) is 1. The smallest absolute Gasteiger partial charge is 0.207 e. The van der Waals surface area contributed by atoms with Crippen molar-refractivity contribution in [3.63, 3.8) is 0 Å². The maximum Gasteiger partial charge on any atom is 0.207 e. The van der Waals surface area contributed by atoms with Crippen molar-refractivity contribution >= 4 is 27.6 Å². The SMILES string of the molecule is CCOCCCn1cc(C)nc1Nc1cc(F)ccc1Br. The van der Waals surface area contributed by atoms with Crippen molar-refractivity contribution in [3.8, 4) is 0 Å². The average molecular weight is 356 g/mol. The molecule has 0 spiro atoms. The van der Waals surface area contributed by atoms with E-state index in [1.165, 1.54) is 12.1 Å². The molecule has 0 aliphatic heterocycles. The highest BCUT2D eigenvalue weighted by Gasteiger charge is 2.08. The molecule has 0 amide bonds. The van der Waals surface area contributed by atoms with Crippen LogP contribution in [0.15, 0.2) is 28.9 Å². The maximum atomic E-state index is 13.3. The molecule has 114 valence electrons. The summed E-state index contributed by atoms with van der Waals surface area (Å²) in [7, 11) is 0. The van der Waals surface area contributed by atoms with Gasteiger partial charge in [0.1, 0.15) is 5.82 Å². The third-order valence-corrected chi connectivity index (χ3v) is 3.66. The molecule has 0 bridgehead atoms. The van der Waals surface area contributed by atoms with E-state index in [1.54, 1.807) is 6.07 Å². The summed E-state index contributed by atoms with van der Waals surface area (Å²) in [6, 6.07) is 4.53. The monoisotopic (exact) mass is 355 g/mol. The first kappa shape index (κ1) is 16.0. The predicted molar refractivity (Wildman–Crippen MR) is 85.5 cm³/mol. The van der Waals surface area contributed by atoms with Crippen molar-refractivity contribution in [2.45, 2.75) is 26.8 Å². The second kappa shape index (κ2) is 7.56. The van der Waals surface area contributed by atoms with Gasteiger partial charge >= 0.3 is 0 Å². The van der Waals surface area contributed by atoms with E-state index < -0.39 is 0 Å². The van der Waals surface area contributed by atoms with Gasteiger partial charge in [0.2, 0.25) is 5.95 Å². The van der Waals surface area contributed by atoms with E-state index in [-0.39, 0.29) is 5.82 Å². The number of anilines is 2. The molecule has 2 aromatic rings. The Morgan fingerprint density at radius 1 is 1.43 bits per heavy atom. The van der Waals surface area contributed by atoms with Gasteiger partial charge in [-0.05, 0) is 54.4 Å². The minimum Gasteiger partial charge on any atom is -0.382 e. The lowest BCUT2D eigenvalue weighted by Gasteiger charge is -2.11. The molecule has 0 saturated carbocycles. The van der Waals surface area contributed by atoms with Crippen molar-refractivity contribution < 1.29 is 9.13 Å². The van der Waals surface area contributed by atoms with Gasteiger partial charge in [0.15, 0.2) is 0 Å². The molecule has 1 aromatic carbocycles. The molecular formula is C15H19BrFN3O. The van der Waals surface area contributed by atoms with E-state index in [2.05, 4.69) is 26.2 Å². The van der Waals surface area contributed by atoms with Crippen molar-refractivity contribution in [2.24, 2.45) is 0 Å². The molecule has 0 saturated heterocycles. The number of rotatable bonds is 7. The first-order valence-corrected chi connectivity index (χ1v) is 7.73. The average Bonchev–Trinajstić information content (AvgIpc) is 2.79. The van der Waals surface area contributed by atoms with Crippen LogP contribution in [0.1, 0.15) is 19.0 Å². The molecule has 1 aromatic heterocycles. The minimum atomic E-state index is -0.285. The van der Waals surface area contributed by atoms with Crippen LogP contribution in [0.2, 0.25) is 0 Å². The fraction of sp³-hybridized carbons (Fsp3) is 0.400. The molecule has 4 nitrogen and oxygen atoms in total. The molecule has 0 radical (unpaired) electrons. The van der Waals surface area contributed by atoms with Crippen LogP contribution in [0, 0.1) is 12.7 Å². The highest BCUT2D eigenvalue weighted by molar-refractivity contribution is 9.10. The van der Waals surface area contributed by atoms with Crippen LogP contribution in [0.4, 0.5) is 16.0 Å². The first-order valence-electron chi connectivity index (χ1n) is 6.93. The van der Waals surface area contributed by atoms with Crippen LogP contribution < -0.4 is 5.32 Å². The maximum absolute atomic E-state index is 13.3. The zero-order valence-electron chi connectivity index (χ0n) is 12.2. The lowest BCUT2D eigenvalue weighted by molar-refractivity contribution is 0.142. The standard InChI is InChI=1S/C15H19BrFN3O/c1-3-21-8-4-7-20-10-11(2)18-15(20)19-14-9-12(17)5-6-13(14)16/h5-6,9-10H,3-4,7-8H2,1-2H3,(H,18,19). The zero-order valence-corrected chi connectivity index (χ0v) is 13.8. The van der Waals surface area contributed by atoms with Crippen LogP contribution in [0.5, 0.6) is 0 Å². The van der Waals surface area contributed by atoms with E-state index in [9.17, 15) is 4.39 Å². The molecule has 0 atom stereocenters. The van der Waals surface area contributed by atoms with Gasteiger partial charge in [-0.3, -0.25) is 0 Å². The fourth-order valence-electron chi connectivity index (χ4n) is 2.01. The van der Waals surface area contributed by atoms with E-state index in [0.29, 0.717) is 11.6 Å². The van der Waals surface area contributed by atoms with Gasteiger partial charge in [0, 0.05) is 30.4 Å². The number of benzene rings is 1. The summed E-state index contributed by atoms with van der Waals surface area (Å²) >= 11 is 3.41. The normalized spacial score (nSPS) is 10.9. The largest absolute Gasteiger partial charge is 0.382 e. The highest BCUT2D eigenvalue weighted by Crippen LogP contribution is 2.26. The quantitative estimate of drug-likeness (QED) is 0.754. The number of imidazole rings is 1. The molecule has 0 aliphatic carbocycles. The summed E-state index contributed by atoms with van der Waals surface area (Å²) < 4.78 is 21.5. The van der Waals surface area contributed by atoms with Gasteiger partial charge in [-0.1, -0.05) is 0 Å². The van der Waals surface area contributed by atoms with Gasteiger partial charge in [0.25, 0.3) is 0 Å². The molecule has 0 aliphatic rings. The molecule has 6 heteroatoms. The number of ether oxygens (including phenoxy) is 1. The molecule has 0 fully saturated rings. The summed E-state index contributed by atoms with van der Waals surface area (Å²) in [6.45, 7) is 6.16. The van der Waals surface area contributed by atoms with Crippen LogP contribution in [-0.4, -0.2) is 22.8 Å². The molecule has 1 N–H and O–H groups in total. The van der Waals surface area contributed by atoms with Crippen molar-refractivity contribution in [2.75, 3.05) is 18.5 Å². The van der Waals surface area contributed by atoms with Crippen LogP contribution in [0.25, 0.3) is 0 Å². The molecule has 1 heterocycles. The number of nitrogens with zero attached hydrogens (tertiary/aromatic N) is 2. The summed E-state index contributed by atoms with van der Waals surface area (Å²) in [5, 5.41) is 3.17. The Bertz CT molecular complexity index is 601. The van der Waals surface area contributed by atoms with Gasteiger partial charge < -0.3 is 14.6 Å². The van der Waals surface area contributed by atoms with Gasteiger partial charge in [-0.25, -0.2) is 9.37 Å². The van der Waals surface area contributed by atoms with E-state index in [4.69, 9.17) is 4.74 Å². The second-order valence-electron chi connectivity index (χ2n) is 4.70. The number of halogens is 2. The third-order valence-electron chi connectivity index (χ3n) is 2.96. The Hall–Kier alpha value is -1.40.